The van der Waals surface area contributed by atoms with E-state index < -0.39 is 0 Å². The average Bonchev–Trinajstić information content (AvgIpc) is 1.00. The molecule has 0 fully saturated rings. The summed E-state index contributed by atoms with van der Waals surface area (Å²) in [7, 11) is 0. The molecule has 0 saturated heterocycles. The van der Waals surface area contributed by atoms with Gasteiger partial charge in [0.05, 0.1) is 0 Å². The van der Waals surface area contributed by atoms with Crippen LogP contribution in [0.5, 0.6) is 0 Å². The van der Waals surface area contributed by atoms with Gasteiger partial charge >= 0.3 is 29.6 Å². The number of hydrogen-bond donors (Lipinski definition) is 1. The van der Waals surface area contributed by atoms with Crippen molar-refractivity contribution in [3.05, 3.63) is 6.92 Å². The summed E-state index contributed by atoms with van der Waals surface area (Å²) in [6.45, 7) is 5.00. The van der Waals surface area contributed by atoms with Crippen LogP contribution >= 0.6 is 0 Å². The fraction of sp³-hybridized carbons (Fsp3) is 0.500. The Hall–Kier alpha value is 0.960. The molecule has 0 saturated carbocycles. The van der Waals surface area contributed by atoms with Gasteiger partial charge in [0.1, 0.15) is 0 Å². The predicted molar refractivity (Wildman–Crippen MR) is 23.2 cm³/mol. The molecule has 0 aromatic carbocycles. The molecule has 1 radical (unpaired) electrons. The van der Waals surface area contributed by atoms with Crippen LogP contribution in [0.1, 0.15) is 6.92 Å². The molecule has 0 unspecified atom stereocenters. The van der Waals surface area contributed by atoms with Crippen molar-refractivity contribution in [1.29, 1.82) is 0 Å². The van der Waals surface area contributed by atoms with E-state index in [9.17, 15) is 0 Å². The van der Waals surface area contributed by atoms with Gasteiger partial charge in [-0.25, -0.2) is 0 Å². The van der Waals surface area contributed by atoms with Crippen LogP contribution in [0.15, 0.2) is 0 Å². The second-order valence-electron chi connectivity index (χ2n) is 0. The van der Waals surface area contributed by atoms with Crippen LogP contribution in [0.3, 0.4) is 0 Å². The molecule has 1 nitrogen and oxygen atoms in total. The Morgan fingerprint density at radius 2 is 1.25 bits per heavy atom. The number of hydrogen-bond acceptors (Lipinski definition) is 1. The molecular formula is C2H9NNa. The Bertz CT molecular complexity index is 6.00. The molecule has 0 aliphatic rings. The fourth-order valence-electron chi connectivity index (χ4n) is 0. The molecule has 0 rings (SSSR count). The summed E-state index contributed by atoms with van der Waals surface area (Å²) in [6.07, 6.45) is 0. The van der Waals surface area contributed by atoms with Crippen LogP contribution in [0, 0.1) is 6.92 Å². The van der Waals surface area contributed by atoms with Gasteiger partial charge in [0.15, 0.2) is 0 Å². The summed E-state index contributed by atoms with van der Waals surface area (Å²) in [4.78, 5) is 0. The van der Waals surface area contributed by atoms with E-state index in [4.69, 9.17) is 0 Å². The third kappa shape index (κ3) is 12.3. The molecule has 0 aromatic rings. The number of rotatable bonds is 0. The normalized spacial score (nSPS) is 1.50. The molecule has 4 heavy (non-hydrogen) atoms. The maximum absolute atomic E-state index is 3.25. The van der Waals surface area contributed by atoms with Crippen LogP contribution in [0.25, 0.3) is 0 Å². The van der Waals surface area contributed by atoms with Crippen molar-refractivity contribution in [2.75, 3.05) is 0 Å². The average molecular weight is 70.1 g/mol. The van der Waals surface area contributed by atoms with Gasteiger partial charge in [-0.15, -0.1) is 0 Å². The molecule has 23 valence electrons. The minimum absolute atomic E-state index is 0. The van der Waals surface area contributed by atoms with E-state index in [-0.39, 0.29) is 35.7 Å². The van der Waals surface area contributed by atoms with Crippen molar-refractivity contribution >= 4 is 29.6 Å². The van der Waals surface area contributed by atoms with E-state index in [1.54, 1.807) is 6.92 Å². The van der Waals surface area contributed by atoms with Crippen LogP contribution in [-0.4, -0.2) is 29.6 Å². The van der Waals surface area contributed by atoms with E-state index in [1.165, 1.54) is 0 Å². The Morgan fingerprint density at radius 3 is 1.25 bits per heavy atom. The summed E-state index contributed by atoms with van der Waals surface area (Å²) in [5, 5.41) is 0. The fourth-order valence-corrected chi connectivity index (χ4v) is 0. The second-order valence-corrected chi connectivity index (χ2v) is 0. The van der Waals surface area contributed by atoms with E-state index in [0.29, 0.717) is 0 Å². The van der Waals surface area contributed by atoms with Gasteiger partial charge in [0.2, 0.25) is 0 Å². The zero-order valence-corrected chi connectivity index (χ0v) is 2.41. The van der Waals surface area contributed by atoms with Crippen LogP contribution in [0.2, 0.25) is 0 Å². The Labute approximate surface area is 49.7 Å². The van der Waals surface area contributed by atoms with E-state index >= 15 is 0 Å². The standard InChI is InChI=1S/C2H5.H3N.Na.H/c1-2;;;/h1H2,2H3;1H3;;. The molecule has 3 N–H and O–H groups in total. The van der Waals surface area contributed by atoms with E-state index in [0.717, 1.165) is 0 Å². The SMILES string of the molecule is N.[CH2]C.[NaH]. The second kappa shape index (κ2) is 37.6. The third-order valence-corrected chi connectivity index (χ3v) is 0. The van der Waals surface area contributed by atoms with Crippen molar-refractivity contribution in [1.82, 2.24) is 6.15 Å². The predicted octanol–water partition coefficient (Wildman–Crippen LogP) is 0.354. The first-order valence-corrected chi connectivity index (χ1v) is 0.707. The molecule has 0 aromatic heterocycles. The van der Waals surface area contributed by atoms with Crippen LogP contribution in [0.4, 0.5) is 0 Å². The molecule has 0 heterocycles. The van der Waals surface area contributed by atoms with Crippen molar-refractivity contribution in [2.24, 2.45) is 0 Å². The topological polar surface area (TPSA) is 35.0 Å². The first-order chi connectivity index (χ1) is 1.00. The van der Waals surface area contributed by atoms with Gasteiger partial charge in [-0.3, -0.25) is 0 Å². The Kier molecular flexibility index (Phi) is 191. The zero-order chi connectivity index (χ0) is 2.00. The molecule has 0 bridgehead atoms. The molecule has 0 aliphatic heterocycles. The van der Waals surface area contributed by atoms with Gasteiger partial charge in [-0.2, -0.15) is 0 Å². The van der Waals surface area contributed by atoms with Crippen LogP contribution < -0.4 is 6.15 Å². The summed E-state index contributed by atoms with van der Waals surface area (Å²) in [5.41, 5.74) is 0. The molecular weight excluding hydrogens is 61.0 g/mol. The van der Waals surface area contributed by atoms with E-state index in [1.807, 2.05) is 0 Å². The van der Waals surface area contributed by atoms with Crippen molar-refractivity contribution in [2.45, 2.75) is 6.92 Å². The summed E-state index contributed by atoms with van der Waals surface area (Å²) >= 11 is 0. The van der Waals surface area contributed by atoms with Gasteiger partial charge in [-0.1, -0.05) is 13.8 Å². The maximum atomic E-state index is 3.25. The van der Waals surface area contributed by atoms with Crippen molar-refractivity contribution < 1.29 is 0 Å². The molecule has 0 atom stereocenters. The van der Waals surface area contributed by atoms with Gasteiger partial charge in [-0.05, 0) is 0 Å². The summed E-state index contributed by atoms with van der Waals surface area (Å²) < 4.78 is 0. The molecule has 0 amide bonds. The third-order valence-electron chi connectivity index (χ3n) is 0. The summed E-state index contributed by atoms with van der Waals surface area (Å²) in [5.74, 6) is 0. The first kappa shape index (κ1) is 20.2. The Morgan fingerprint density at radius 1 is 1.25 bits per heavy atom. The zero-order valence-electron chi connectivity index (χ0n) is 2.41. The molecule has 2 heteroatoms. The Balaban J connectivity index is -0.00000000500. The van der Waals surface area contributed by atoms with E-state index in [2.05, 4.69) is 6.92 Å². The molecule has 0 aliphatic carbocycles. The summed E-state index contributed by atoms with van der Waals surface area (Å²) in [6, 6.07) is 0. The monoisotopic (exact) mass is 70.1 g/mol. The molecule has 0 spiro atoms. The van der Waals surface area contributed by atoms with Crippen molar-refractivity contribution in [3.8, 4) is 0 Å². The van der Waals surface area contributed by atoms with Gasteiger partial charge in [0.25, 0.3) is 0 Å². The van der Waals surface area contributed by atoms with Crippen molar-refractivity contribution in [3.63, 3.8) is 0 Å². The first-order valence-electron chi connectivity index (χ1n) is 0.707. The minimum atomic E-state index is 0. The quantitative estimate of drug-likeness (QED) is 0.410. The van der Waals surface area contributed by atoms with Gasteiger partial charge < -0.3 is 6.15 Å². The van der Waals surface area contributed by atoms with Crippen LogP contribution in [-0.2, 0) is 0 Å². The van der Waals surface area contributed by atoms with Gasteiger partial charge in [0, 0.05) is 0 Å².